The molecule has 0 radical (unpaired) electrons. The van der Waals surface area contributed by atoms with Crippen LogP contribution in [-0.4, -0.2) is 23.0 Å². The molecule has 0 aliphatic heterocycles. The van der Waals surface area contributed by atoms with Gasteiger partial charge in [-0.15, -0.1) is 22.7 Å². The van der Waals surface area contributed by atoms with Gasteiger partial charge >= 0.3 is 0 Å². The third kappa shape index (κ3) is 5.64. The van der Waals surface area contributed by atoms with Gasteiger partial charge in [-0.05, 0) is 38.9 Å². The highest BCUT2D eigenvalue weighted by Gasteiger charge is 2.43. The van der Waals surface area contributed by atoms with E-state index in [0.29, 0.717) is 17.5 Å². The zero-order valence-corrected chi connectivity index (χ0v) is 33.3. The van der Waals surface area contributed by atoms with Crippen LogP contribution >= 0.6 is 22.7 Å². The van der Waals surface area contributed by atoms with E-state index >= 15 is 0 Å². The van der Waals surface area contributed by atoms with E-state index in [9.17, 15) is 0 Å². The third-order valence-corrected chi connectivity index (χ3v) is 18.4. The predicted octanol–water partition coefficient (Wildman–Crippen LogP) is 11.0. The van der Waals surface area contributed by atoms with Crippen LogP contribution in [-0.2, 0) is 0 Å². The van der Waals surface area contributed by atoms with Crippen molar-refractivity contribution in [2.45, 2.75) is 0 Å². The normalized spacial score (nSPS) is 11.9. The molecule has 11 rings (SSSR count). The zero-order chi connectivity index (χ0) is 37.8. The molecule has 0 saturated heterocycles. The van der Waals surface area contributed by atoms with Gasteiger partial charge in [-0.2, -0.15) is 0 Å². The van der Waals surface area contributed by atoms with Gasteiger partial charge in [-0.25, -0.2) is 15.0 Å². The smallest absolute Gasteiger partial charge is 0.181 e. The van der Waals surface area contributed by atoms with Gasteiger partial charge in [0, 0.05) is 57.0 Å². The van der Waals surface area contributed by atoms with Crippen LogP contribution in [0.2, 0.25) is 0 Å². The van der Waals surface area contributed by atoms with E-state index in [2.05, 4.69) is 182 Å². The van der Waals surface area contributed by atoms with E-state index in [-0.39, 0.29) is 0 Å². The predicted molar refractivity (Wildman–Crippen MR) is 246 cm³/mol. The Morgan fingerprint density at radius 2 is 0.789 bits per heavy atom. The second-order valence-corrected chi connectivity index (χ2v) is 20.2. The second kappa shape index (κ2) is 13.9. The minimum atomic E-state index is -2.95. The molecular formula is C51H33N3S2Si. The largest absolute Gasteiger partial charge is 0.208 e. The molecule has 0 amide bonds. The Labute approximate surface area is 339 Å². The lowest BCUT2D eigenvalue weighted by atomic mass is 10.1. The highest BCUT2D eigenvalue weighted by atomic mass is 32.1. The van der Waals surface area contributed by atoms with Crippen molar-refractivity contribution in [2.24, 2.45) is 0 Å². The quantitative estimate of drug-likeness (QED) is 0.119. The van der Waals surface area contributed by atoms with Gasteiger partial charge in [0.25, 0.3) is 0 Å². The molecule has 8 aromatic carbocycles. The van der Waals surface area contributed by atoms with Crippen molar-refractivity contribution in [1.29, 1.82) is 0 Å². The number of rotatable bonds is 7. The van der Waals surface area contributed by atoms with Crippen LogP contribution < -0.4 is 20.7 Å². The summed E-state index contributed by atoms with van der Waals surface area (Å²) in [6.07, 6.45) is 0. The lowest BCUT2D eigenvalue weighted by molar-refractivity contribution is 1.07. The molecule has 0 aliphatic rings. The van der Waals surface area contributed by atoms with Gasteiger partial charge < -0.3 is 0 Å². The summed E-state index contributed by atoms with van der Waals surface area (Å²) in [7, 11) is -2.95. The summed E-state index contributed by atoms with van der Waals surface area (Å²) in [5.74, 6) is 1.97. The van der Waals surface area contributed by atoms with E-state index in [4.69, 9.17) is 15.0 Å². The molecule has 6 heteroatoms. The van der Waals surface area contributed by atoms with Crippen LogP contribution in [0.15, 0.2) is 200 Å². The van der Waals surface area contributed by atoms with Gasteiger partial charge in [0.1, 0.15) is 0 Å². The lowest BCUT2D eigenvalue weighted by Crippen LogP contribution is -2.74. The molecule has 57 heavy (non-hydrogen) atoms. The third-order valence-electron chi connectivity index (χ3n) is 11.1. The first-order valence-electron chi connectivity index (χ1n) is 19.1. The molecule has 3 nitrogen and oxygen atoms in total. The van der Waals surface area contributed by atoms with Crippen LogP contribution in [0.4, 0.5) is 0 Å². The topological polar surface area (TPSA) is 38.7 Å². The first-order valence-corrected chi connectivity index (χ1v) is 22.7. The van der Waals surface area contributed by atoms with Crippen molar-refractivity contribution in [1.82, 2.24) is 15.0 Å². The highest BCUT2D eigenvalue weighted by molar-refractivity contribution is 7.30. The standard InChI is InChI=1S/C51H33N3S2Si/c1-4-16-34(17-5-1)49-52-50(54-51(53-49)36-30-31-42-40-24-10-12-27-44(40)55-46(42)33-36)35-18-14-23-39(32-35)57(37-19-6-2-7-20-37,38-21-8-3-9-22-38)47-29-15-26-43-41-25-11-13-28-45(41)56-48(43)47/h1-33H. The summed E-state index contributed by atoms with van der Waals surface area (Å²) in [6, 6.07) is 72.5. The first-order chi connectivity index (χ1) is 28.2. The summed E-state index contributed by atoms with van der Waals surface area (Å²) < 4.78 is 5.14. The molecule has 0 atom stereocenters. The number of benzene rings is 8. The van der Waals surface area contributed by atoms with Gasteiger partial charge in [0.05, 0.1) is 0 Å². The molecule has 0 N–H and O–H groups in total. The van der Waals surface area contributed by atoms with Crippen LogP contribution in [0.25, 0.3) is 74.5 Å². The first kappa shape index (κ1) is 33.7. The summed E-state index contributed by atoms with van der Waals surface area (Å²) in [5, 5.41) is 10.5. The number of hydrogen-bond acceptors (Lipinski definition) is 5. The van der Waals surface area contributed by atoms with Crippen LogP contribution in [0.5, 0.6) is 0 Å². The van der Waals surface area contributed by atoms with E-state index in [0.717, 1.165) is 16.7 Å². The van der Waals surface area contributed by atoms with Crippen molar-refractivity contribution in [3.8, 4) is 34.2 Å². The number of nitrogens with zero attached hydrogens (tertiary/aromatic N) is 3. The molecule has 11 aromatic rings. The Morgan fingerprint density at radius 3 is 1.47 bits per heavy atom. The maximum absolute atomic E-state index is 5.28. The van der Waals surface area contributed by atoms with E-state index in [1.165, 1.54) is 61.1 Å². The average Bonchev–Trinajstić information content (AvgIpc) is 3.86. The molecular weight excluding hydrogens is 747 g/mol. The zero-order valence-electron chi connectivity index (χ0n) is 30.7. The summed E-state index contributed by atoms with van der Waals surface area (Å²) in [5.41, 5.74) is 2.89. The maximum atomic E-state index is 5.28. The number of fused-ring (bicyclic) bond motifs is 6. The fourth-order valence-electron chi connectivity index (χ4n) is 8.49. The van der Waals surface area contributed by atoms with Gasteiger partial charge in [0.15, 0.2) is 25.5 Å². The molecule has 0 saturated carbocycles. The SMILES string of the molecule is c1ccc(-c2nc(-c3cccc([Si](c4ccccc4)(c4ccccc4)c4cccc5c4sc4ccccc45)c3)nc(-c3ccc4c(c3)sc3ccccc34)n2)cc1. The molecule has 3 heterocycles. The molecule has 3 aromatic heterocycles. The van der Waals surface area contributed by atoms with Crippen molar-refractivity contribution in [2.75, 3.05) is 0 Å². The monoisotopic (exact) mass is 779 g/mol. The Balaban J connectivity index is 1.16. The summed E-state index contributed by atoms with van der Waals surface area (Å²) in [4.78, 5) is 15.6. The molecule has 0 fully saturated rings. The minimum Gasteiger partial charge on any atom is -0.208 e. The summed E-state index contributed by atoms with van der Waals surface area (Å²) >= 11 is 3.71. The van der Waals surface area contributed by atoms with Gasteiger partial charge in [0.2, 0.25) is 0 Å². The Hall–Kier alpha value is -6.57. The number of hydrogen-bond donors (Lipinski definition) is 0. The van der Waals surface area contributed by atoms with Crippen LogP contribution in [0.3, 0.4) is 0 Å². The van der Waals surface area contributed by atoms with Crippen molar-refractivity contribution < 1.29 is 0 Å². The Bertz CT molecular complexity index is 3210. The molecule has 268 valence electrons. The minimum absolute atomic E-state index is 0.654. The number of aromatic nitrogens is 3. The van der Waals surface area contributed by atoms with Crippen molar-refractivity contribution in [3.63, 3.8) is 0 Å². The van der Waals surface area contributed by atoms with Gasteiger partial charge in [-0.3, -0.25) is 0 Å². The van der Waals surface area contributed by atoms with Crippen molar-refractivity contribution >= 4 is 91.8 Å². The average molecular weight is 780 g/mol. The van der Waals surface area contributed by atoms with Crippen LogP contribution in [0, 0.1) is 0 Å². The van der Waals surface area contributed by atoms with Crippen molar-refractivity contribution in [3.05, 3.63) is 200 Å². The molecule has 0 bridgehead atoms. The van der Waals surface area contributed by atoms with E-state index < -0.39 is 8.07 Å². The number of thiophene rings is 2. The fraction of sp³-hybridized carbons (Fsp3) is 0. The van der Waals surface area contributed by atoms with E-state index in [1.807, 2.05) is 29.5 Å². The molecule has 0 spiro atoms. The van der Waals surface area contributed by atoms with Crippen LogP contribution in [0.1, 0.15) is 0 Å². The highest BCUT2D eigenvalue weighted by Crippen LogP contribution is 2.37. The lowest BCUT2D eigenvalue weighted by Gasteiger charge is -2.35. The Kier molecular flexibility index (Phi) is 8.21. The molecule has 0 unspecified atom stereocenters. The Morgan fingerprint density at radius 1 is 0.316 bits per heavy atom. The molecule has 0 aliphatic carbocycles. The summed E-state index contributed by atoms with van der Waals surface area (Å²) in [6.45, 7) is 0. The fourth-order valence-corrected chi connectivity index (χ4v) is 16.2. The van der Waals surface area contributed by atoms with E-state index in [1.54, 1.807) is 11.3 Å². The maximum Gasteiger partial charge on any atom is 0.181 e. The van der Waals surface area contributed by atoms with Gasteiger partial charge in [-0.1, -0.05) is 182 Å². The second-order valence-electron chi connectivity index (χ2n) is 14.3.